The van der Waals surface area contributed by atoms with E-state index in [-0.39, 0.29) is 36.2 Å². The molecule has 3 heteroatoms. The molecule has 0 aliphatic rings. The number of hydrogen-bond donors (Lipinski definition) is 2. The zero-order valence-electron chi connectivity index (χ0n) is 5.72. The van der Waals surface area contributed by atoms with Crippen molar-refractivity contribution in [1.82, 2.24) is 0 Å². The number of aliphatic hydroxyl groups is 2. The molecule has 0 rings (SSSR count). The number of aliphatic hydroxyl groups excluding tert-OH is 2. The summed E-state index contributed by atoms with van der Waals surface area (Å²) in [6.07, 6.45) is 2.04. The van der Waals surface area contributed by atoms with Gasteiger partial charge in [-0.15, -0.1) is 0 Å². The van der Waals surface area contributed by atoms with Gasteiger partial charge in [-0.1, -0.05) is 13.3 Å². The molecule has 0 saturated heterocycles. The first kappa shape index (κ1) is 16.5. The standard InChI is InChI=1S/C4H10O.C2H6O.Na.H/c1-2-3-4-5;1-2-3;;/h5H,2-4H2,1H3;3H,2H2,1H3;;. The Morgan fingerprint density at radius 2 is 1.44 bits per heavy atom. The molecule has 0 fully saturated rings. The molecule has 9 heavy (non-hydrogen) atoms. The van der Waals surface area contributed by atoms with Gasteiger partial charge < -0.3 is 10.2 Å². The Morgan fingerprint density at radius 1 is 1.11 bits per heavy atom. The van der Waals surface area contributed by atoms with Crippen LogP contribution < -0.4 is 0 Å². The summed E-state index contributed by atoms with van der Waals surface area (Å²) >= 11 is 0. The maximum atomic E-state index is 8.07. The zero-order chi connectivity index (χ0) is 6.83. The minimum atomic E-state index is 0. The van der Waals surface area contributed by atoms with Crippen LogP contribution in [0.1, 0.15) is 26.7 Å². The summed E-state index contributed by atoms with van der Waals surface area (Å²) in [5.41, 5.74) is 0. The Kier molecular flexibility index (Phi) is 42.3. The average Bonchev–Trinajstić information content (AvgIpc) is 1.71. The van der Waals surface area contributed by atoms with E-state index in [1.165, 1.54) is 0 Å². The molecular formula is C6H17NaO2. The molecule has 0 radical (unpaired) electrons. The number of unbranched alkanes of at least 4 members (excludes halogenated alkanes) is 1. The van der Waals surface area contributed by atoms with Crippen LogP contribution in [-0.4, -0.2) is 53.0 Å². The van der Waals surface area contributed by atoms with Crippen molar-refractivity contribution in [2.75, 3.05) is 13.2 Å². The Morgan fingerprint density at radius 3 is 1.44 bits per heavy atom. The summed E-state index contributed by atoms with van der Waals surface area (Å²) in [7, 11) is 0. The SMILES string of the molecule is CCCCO.CCO.[NaH]. The fourth-order valence-corrected chi connectivity index (χ4v) is 0.158. The molecule has 0 aliphatic carbocycles. The van der Waals surface area contributed by atoms with E-state index in [2.05, 4.69) is 6.92 Å². The Bertz CT molecular complexity index is 25.0. The number of rotatable bonds is 2. The average molecular weight is 144 g/mol. The van der Waals surface area contributed by atoms with Crippen molar-refractivity contribution in [1.29, 1.82) is 0 Å². The van der Waals surface area contributed by atoms with Crippen molar-refractivity contribution in [3.05, 3.63) is 0 Å². The van der Waals surface area contributed by atoms with Gasteiger partial charge in [-0.05, 0) is 13.3 Å². The third-order valence-corrected chi connectivity index (χ3v) is 0.512. The van der Waals surface area contributed by atoms with Gasteiger partial charge in [0.05, 0.1) is 0 Å². The van der Waals surface area contributed by atoms with E-state index in [0.29, 0.717) is 6.61 Å². The first-order valence-electron chi connectivity index (χ1n) is 3.05. The maximum absolute atomic E-state index is 8.07. The summed E-state index contributed by atoms with van der Waals surface area (Å²) in [6.45, 7) is 4.33. The van der Waals surface area contributed by atoms with Gasteiger partial charge in [0.25, 0.3) is 0 Å². The summed E-state index contributed by atoms with van der Waals surface area (Å²) in [5.74, 6) is 0. The van der Waals surface area contributed by atoms with Crippen molar-refractivity contribution >= 4 is 29.6 Å². The van der Waals surface area contributed by atoms with E-state index >= 15 is 0 Å². The van der Waals surface area contributed by atoms with Crippen LogP contribution in [0.25, 0.3) is 0 Å². The second-order valence-corrected chi connectivity index (χ2v) is 1.39. The van der Waals surface area contributed by atoms with E-state index in [9.17, 15) is 0 Å². The third kappa shape index (κ3) is 50.1. The minimum absolute atomic E-state index is 0. The van der Waals surface area contributed by atoms with Gasteiger partial charge in [-0.2, -0.15) is 0 Å². The van der Waals surface area contributed by atoms with E-state index in [1.807, 2.05) is 0 Å². The molecule has 0 unspecified atom stereocenters. The molecule has 0 atom stereocenters. The molecule has 0 amide bonds. The first-order chi connectivity index (χ1) is 3.83. The second kappa shape index (κ2) is 23.1. The van der Waals surface area contributed by atoms with Crippen molar-refractivity contribution in [3.63, 3.8) is 0 Å². The topological polar surface area (TPSA) is 40.5 Å². The molecule has 0 bridgehead atoms. The van der Waals surface area contributed by atoms with Crippen LogP contribution in [0.2, 0.25) is 0 Å². The van der Waals surface area contributed by atoms with E-state index in [1.54, 1.807) is 6.92 Å². The predicted molar refractivity (Wildman–Crippen MR) is 41.9 cm³/mol. The Labute approximate surface area is 79.6 Å². The Balaban J connectivity index is -0.0000000800. The molecule has 0 aliphatic heterocycles. The molecule has 2 N–H and O–H groups in total. The first-order valence-corrected chi connectivity index (χ1v) is 3.05. The summed E-state index contributed by atoms with van der Waals surface area (Å²) < 4.78 is 0. The molecule has 0 aromatic heterocycles. The fraction of sp³-hybridized carbons (Fsp3) is 1.00. The van der Waals surface area contributed by atoms with Crippen molar-refractivity contribution < 1.29 is 10.2 Å². The Hall–Kier alpha value is 0.920. The van der Waals surface area contributed by atoms with Crippen LogP contribution in [0.5, 0.6) is 0 Å². The summed E-state index contributed by atoms with van der Waals surface area (Å²) in [4.78, 5) is 0. The normalized spacial score (nSPS) is 6.67. The van der Waals surface area contributed by atoms with Gasteiger partial charge in [-0.3, -0.25) is 0 Å². The second-order valence-electron chi connectivity index (χ2n) is 1.39. The van der Waals surface area contributed by atoms with Crippen LogP contribution in [0.4, 0.5) is 0 Å². The van der Waals surface area contributed by atoms with Gasteiger partial charge in [0.15, 0.2) is 0 Å². The van der Waals surface area contributed by atoms with Crippen LogP contribution in [-0.2, 0) is 0 Å². The predicted octanol–water partition coefficient (Wildman–Crippen LogP) is 0.129. The van der Waals surface area contributed by atoms with Gasteiger partial charge >= 0.3 is 29.6 Å². The van der Waals surface area contributed by atoms with Gasteiger partial charge in [-0.25, -0.2) is 0 Å². The van der Waals surface area contributed by atoms with Crippen molar-refractivity contribution in [2.45, 2.75) is 26.7 Å². The van der Waals surface area contributed by atoms with Gasteiger partial charge in [0.2, 0.25) is 0 Å². The van der Waals surface area contributed by atoms with Crippen molar-refractivity contribution in [3.8, 4) is 0 Å². The molecule has 0 aromatic carbocycles. The van der Waals surface area contributed by atoms with Gasteiger partial charge in [0.1, 0.15) is 0 Å². The van der Waals surface area contributed by atoms with Crippen LogP contribution in [0.3, 0.4) is 0 Å². The molecular weight excluding hydrogens is 127 g/mol. The molecule has 2 nitrogen and oxygen atoms in total. The number of hydrogen-bond acceptors (Lipinski definition) is 2. The monoisotopic (exact) mass is 144 g/mol. The summed E-state index contributed by atoms with van der Waals surface area (Å²) in [5, 5.41) is 15.6. The van der Waals surface area contributed by atoms with Crippen LogP contribution in [0, 0.1) is 0 Å². The third-order valence-electron chi connectivity index (χ3n) is 0.512. The summed E-state index contributed by atoms with van der Waals surface area (Å²) in [6, 6.07) is 0. The molecule has 0 saturated carbocycles. The molecule has 0 spiro atoms. The fourth-order valence-electron chi connectivity index (χ4n) is 0.158. The molecule has 54 valence electrons. The van der Waals surface area contributed by atoms with Crippen LogP contribution >= 0.6 is 0 Å². The van der Waals surface area contributed by atoms with Gasteiger partial charge in [0, 0.05) is 13.2 Å². The molecule has 0 heterocycles. The molecule has 0 aromatic rings. The van der Waals surface area contributed by atoms with Crippen LogP contribution in [0.15, 0.2) is 0 Å². The van der Waals surface area contributed by atoms with E-state index in [0.717, 1.165) is 12.8 Å². The quantitative estimate of drug-likeness (QED) is 0.541. The zero-order valence-corrected chi connectivity index (χ0v) is 5.72. The van der Waals surface area contributed by atoms with E-state index < -0.39 is 0 Å². The van der Waals surface area contributed by atoms with E-state index in [4.69, 9.17) is 10.2 Å². The van der Waals surface area contributed by atoms with Crippen molar-refractivity contribution in [2.24, 2.45) is 0 Å².